The van der Waals surface area contributed by atoms with E-state index >= 15 is 0 Å². The number of hydrogen-bond acceptors (Lipinski definition) is 2. The van der Waals surface area contributed by atoms with E-state index in [-0.39, 0.29) is 0 Å². The maximum atomic E-state index is 5.91. The molecule has 0 spiro atoms. The molecule has 0 aliphatic carbocycles. The highest BCUT2D eigenvalue weighted by molar-refractivity contribution is 6.30. The average molecular weight is 254 g/mol. The van der Waals surface area contributed by atoms with Crippen molar-refractivity contribution in [3.63, 3.8) is 0 Å². The van der Waals surface area contributed by atoms with Gasteiger partial charge in [0.2, 0.25) is 0 Å². The van der Waals surface area contributed by atoms with Crippen LogP contribution in [-0.2, 0) is 0 Å². The fourth-order valence-electron chi connectivity index (χ4n) is 2.24. The Balaban J connectivity index is 1.77. The highest BCUT2D eigenvalue weighted by atomic mass is 35.5. The number of rotatable bonds is 4. The summed E-state index contributed by atoms with van der Waals surface area (Å²) in [6.45, 7) is 6.28. The number of aryl methyl sites for hydroxylation is 1. The van der Waals surface area contributed by atoms with Gasteiger partial charge < -0.3 is 4.74 Å². The van der Waals surface area contributed by atoms with Crippen LogP contribution in [0.3, 0.4) is 0 Å². The van der Waals surface area contributed by atoms with Crippen molar-refractivity contribution in [3.8, 4) is 5.75 Å². The van der Waals surface area contributed by atoms with Gasteiger partial charge in [0.1, 0.15) is 12.4 Å². The van der Waals surface area contributed by atoms with Crippen molar-refractivity contribution in [2.45, 2.75) is 26.2 Å². The van der Waals surface area contributed by atoms with Crippen LogP contribution in [-0.4, -0.2) is 31.1 Å². The van der Waals surface area contributed by atoms with Crippen LogP contribution >= 0.6 is 11.6 Å². The van der Waals surface area contributed by atoms with Crippen molar-refractivity contribution in [1.82, 2.24) is 4.90 Å². The Bertz CT molecular complexity index is 361. The quantitative estimate of drug-likeness (QED) is 0.814. The van der Waals surface area contributed by atoms with Crippen LogP contribution < -0.4 is 4.74 Å². The highest BCUT2D eigenvalue weighted by Crippen LogP contribution is 2.21. The minimum atomic E-state index is 0.766. The fourth-order valence-corrected chi connectivity index (χ4v) is 2.47. The summed E-state index contributed by atoms with van der Waals surface area (Å²) in [5.41, 5.74) is 1.11. The molecule has 0 radical (unpaired) electrons. The third-order valence-electron chi connectivity index (χ3n) is 3.25. The zero-order valence-electron chi connectivity index (χ0n) is 10.4. The number of piperidine rings is 1. The third kappa shape index (κ3) is 3.90. The predicted octanol–water partition coefficient (Wildman–Crippen LogP) is 3.51. The molecule has 1 aliphatic rings. The van der Waals surface area contributed by atoms with E-state index in [0.29, 0.717) is 0 Å². The molecule has 0 unspecified atom stereocenters. The van der Waals surface area contributed by atoms with Crippen molar-refractivity contribution >= 4 is 11.6 Å². The predicted molar refractivity (Wildman–Crippen MR) is 72.0 cm³/mol. The number of nitrogens with zero attached hydrogens (tertiary/aromatic N) is 1. The lowest BCUT2D eigenvalue weighted by Crippen LogP contribution is -2.33. The second-order valence-electron chi connectivity index (χ2n) is 4.66. The molecule has 1 aromatic carbocycles. The number of likely N-dealkylation sites (tertiary alicyclic amines) is 1. The number of benzene rings is 1. The minimum absolute atomic E-state index is 0.766. The second-order valence-corrected chi connectivity index (χ2v) is 5.10. The van der Waals surface area contributed by atoms with Crippen molar-refractivity contribution in [2.75, 3.05) is 26.2 Å². The van der Waals surface area contributed by atoms with Crippen molar-refractivity contribution in [3.05, 3.63) is 28.8 Å². The molecule has 3 heteroatoms. The van der Waals surface area contributed by atoms with Gasteiger partial charge >= 0.3 is 0 Å². The van der Waals surface area contributed by atoms with Gasteiger partial charge in [-0.15, -0.1) is 0 Å². The first-order valence-electron chi connectivity index (χ1n) is 6.37. The summed E-state index contributed by atoms with van der Waals surface area (Å²) in [5, 5.41) is 0.769. The van der Waals surface area contributed by atoms with Gasteiger partial charge in [-0.2, -0.15) is 0 Å². The average Bonchev–Trinajstić information content (AvgIpc) is 2.33. The first kappa shape index (κ1) is 12.7. The lowest BCUT2D eigenvalue weighted by atomic mass is 10.1. The smallest absolute Gasteiger partial charge is 0.122 e. The van der Waals surface area contributed by atoms with Gasteiger partial charge in [0.15, 0.2) is 0 Å². The van der Waals surface area contributed by atoms with Gasteiger partial charge in [0.25, 0.3) is 0 Å². The lowest BCUT2D eigenvalue weighted by molar-refractivity contribution is 0.183. The summed E-state index contributed by atoms with van der Waals surface area (Å²) in [7, 11) is 0. The van der Waals surface area contributed by atoms with E-state index in [0.717, 1.165) is 29.5 Å². The summed E-state index contributed by atoms with van der Waals surface area (Å²) in [5.74, 6) is 0.950. The number of halogens is 1. The molecule has 1 fully saturated rings. The molecule has 0 amide bonds. The van der Waals surface area contributed by atoms with E-state index in [1.54, 1.807) is 0 Å². The lowest BCUT2D eigenvalue weighted by Gasteiger charge is -2.26. The third-order valence-corrected chi connectivity index (χ3v) is 3.49. The summed E-state index contributed by atoms with van der Waals surface area (Å²) in [6, 6.07) is 5.77. The zero-order valence-corrected chi connectivity index (χ0v) is 11.2. The molecule has 2 rings (SSSR count). The monoisotopic (exact) mass is 253 g/mol. The maximum absolute atomic E-state index is 5.91. The Morgan fingerprint density at radius 1 is 1.24 bits per heavy atom. The van der Waals surface area contributed by atoms with E-state index < -0.39 is 0 Å². The van der Waals surface area contributed by atoms with Crippen molar-refractivity contribution in [2.24, 2.45) is 0 Å². The van der Waals surface area contributed by atoms with Crippen molar-refractivity contribution < 1.29 is 4.74 Å². The molecule has 0 saturated carbocycles. The second kappa shape index (κ2) is 6.27. The molecule has 1 saturated heterocycles. The van der Waals surface area contributed by atoms with E-state index in [1.165, 1.54) is 32.4 Å². The van der Waals surface area contributed by atoms with Gasteiger partial charge in [0.05, 0.1) is 0 Å². The van der Waals surface area contributed by atoms with Crippen LogP contribution in [0.1, 0.15) is 24.8 Å². The van der Waals surface area contributed by atoms with Crippen LogP contribution in [0.2, 0.25) is 5.02 Å². The Kier molecular flexibility index (Phi) is 4.69. The van der Waals surface area contributed by atoms with Gasteiger partial charge in [-0.1, -0.05) is 18.0 Å². The number of ether oxygens (including phenoxy) is 1. The molecule has 1 heterocycles. The fraction of sp³-hybridized carbons (Fsp3) is 0.571. The molecule has 0 atom stereocenters. The molecular formula is C14H20ClNO. The summed E-state index contributed by atoms with van der Waals surface area (Å²) >= 11 is 5.91. The van der Waals surface area contributed by atoms with Gasteiger partial charge in [-0.05, 0) is 56.6 Å². The Labute approximate surface area is 109 Å². The molecule has 94 valence electrons. The van der Waals surface area contributed by atoms with Gasteiger partial charge in [-0.25, -0.2) is 0 Å². The molecule has 2 nitrogen and oxygen atoms in total. The standard InChI is InChI=1S/C14H20ClNO/c1-12-11-13(15)5-6-14(12)17-10-9-16-7-3-2-4-8-16/h5-6,11H,2-4,7-10H2,1H3. The van der Waals surface area contributed by atoms with Crippen LogP contribution in [0.15, 0.2) is 18.2 Å². The number of hydrogen-bond donors (Lipinski definition) is 0. The van der Waals surface area contributed by atoms with Crippen LogP contribution in [0.5, 0.6) is 5.75 Å². The van der Waals surface area contributed by atoms with E-state index in [1.807, 2.05) is 25.1 Å². The molecule has 1 aliphatic heterocycles. The molecular weight excluding hydrogens is 234 g/mol. The SMILES string of the molecule is Cc1cc(Cl)ccc1OCCN1CCCCC1. The van der Waals surface area contributed by atoms with Gasteiger partial charge in [0, 0.05) is 11.6 Å². The molecule has 0 bridgehead atoms. The molecule has 0 aromatic heterocycles. The Hall–Kier alpha value is -0.730. The molecule has 0 N–H and O–H groups in total. The summed E-state index contributed by atoms with van der Waals surface area (Å²) in [4.78, 5) is 2.48. The first-order chi connectivity index (χ1) is 8.25. The van der Waals surface area contributed by atoms with E-state index in [9.17, 15) is 0 Å². The van der Waals surface area contributed by atoms with Crippen LogP contribution in [0.4, 0.5) is 0 Å². The Morgan fingerprint density at radius 3 is 2.71 bits per heavy atom. The summed E-state index contributed by atoms with van der Waals surface area (Å²) < 4.78 is 5.79. The zero-order chi connectivity index (χ0) is 12.1. The highest BCUT2D eigenvalue weighted by Gasteiger charge is 2.09. The minimum Gasteiger partial charge on any atom is -0.492 e. The first-order valence-corrected chi connectivity index (χ1v) is 6.75. The maximum Gasteiger partial charge on any atom is 0.122 e. The summed E-state index contributed by atoms with van der Waals surface area (Å²) in [6.07, 6.45) is 4.05. The van der Waals surface area contributed by atoms with Gasteiger partial charge in [-0.3, -0.25) is 4.90 Å². The van der Waals surface area contributed by atoms with Crippen molar-refractivity contribution in [1.29, 1.82) is 0 Å². The Morgan fingerprint density at radius 2 is 2.00 bits per heavy atom. The van der Waals surface area contributed by atoms with E-state index in [4.69, 9.17) is 16.3 Å². The molecule has 17 heavy (non-hydrogen) atoms. The van der Waals surface area contributed by atoms with Crippen LogP contribution in [0.25, 0.3) is 0 Å². The molecule has 1 aromatic rings. The van der Waals surface area contributed by atoms with E-state index in [2.05, 4.69) is 4.90 Å². The normalized spacial score (nSPS) is 17.1. The topological polar surface area (TPSA) is 12.5 Å². The van der Waals surface area contributed by atoms with Crippen LogP contribution in [0, 0.1) is 6.92 Å². The largest absolute Gasteiger partial charge is 0.492 e.